The molecule has 2 rings (SSSR count). The summed E-state index contributed by atoms with van der Waals surface area (Å²) in [7, 11) is 0. The van der Waals surface area contributed by atoms with Crippen LogP contribution in [0.4, 0.5) is 0 Å². The van der Waals surface area contributed by atoms with E-state index in [-0.39, 0.29) is 0 Å². The molecule has 7 nitrogen and oxygen atoms in total. The van der Waals surface area contributed by atoms with Crippen LogP contribution in [0.15, 0.2) is 29.3 Å². The van der Waals surface area contributed by atoms with E-state index in [2.05, 4.69) is 26.6 Å². The summed E-state index contributed by atoms with van der Waals surface area (Å²) in [6.45, 7) is 12.2. The predicted octanol–water partition coefficient (Wildman–Crippen LogP) is 1.27. The monoisotopic (exact) mass is 392 g/mol. The smallest absolute Gasteiger partial charge is 0.191 e. The van der Waals surface area contributed by atoms with Crippen LogP contribution in [0, 0.1) is 0 Å². The second kappa shape index (κ2) is 11.9. The first kappa shape index (κ1) is 22.5. The molecular formula is C21H36N4O3. The standard InChI is InChI=1S/C21H36N4O3/c1-4-22-20(23-11-10-18-8-6-7-9-19(18)28-5-2)24-16-21(3,26)17-25-12-14-27-15-13-25/h6-9,26H,4-5,10-17H2,1-3H3,(H2,22,23,24). The van der Waals surface area contributed by atoms with E-state index < -0.39 is 5.60 Å². The van der Waals surface area contributed by atoms with Crippen molar-refractivity contribution in [3.8, 4) is 5.75 Å². The lowest BCUT2D eigenvalue weighted by Crippen LogP contribution is -2.48. The maximum atomic E-state index is 10.7. The van der Waals surface area contributed by atoms with Crippen LogP contribution in [0.2, 0.25) is 0 Å². The van der Waals surface area contributed by atoms with Gasteiger partial charge in [0.2, 0.25) is 0 Å². The third-order valence-corrected chi connectivity index (χ3v) is 4.55. The summed E-state index contributed by atoms with van der Waals surface area (Å²) in [5.74, 6) is 1.65. The molecule has 1 aromatic rings. The van der Waals surface area contributed by atoms with E-state index in [0.717, 1.165) is 57.5 Å². The van der Waals surface area contributed by atoms with Crippen LogP contribution in [0.3, 0.4) is 0 Å². The van der Waals surface area contributed by atoms with Gasteiger partial charge in [0, 0.05) is 32.7 Å². The summed E-state index contributed by atoms with van der Waals surface area (Å²) >= 11 is 0. The number of rotatable bonds is 10. The second-order valence-corrected chi connectivity index (χ2v) is 7.30. The fraction of sp³-hybridized carbons (Fsp3) is 0.667. The third-order valence-electron chi connectivity index (χ3n) is 4.55. The number of para-hydroxylation sites is 1. The molecule has 1 heterocycles. The first-order valence-electron chi connectivity index (χ1n) is 10.3. The summed E-state index contributed by atoms with van der Waals surface area (Å²) in [5, 5.41) is 17.3. The van der Waals surface area contributed by atoms with Crippen molar-refractivity contribution in [3.63, 3.8) is 0 Å². The van der Waals surface area contributed by atoms with Crippen molar-refractivity contribution < 1.29 is 14.6 Å². The lowest BCUT2D eigenvalue weighted by atomic mass is 10.1. The summed E-state index contributed by atoms with van der Waals surface area (Å²) in [6.07, 6.45) is 0.838. The van der Waals surface area contributed by atoms with Gasteiger partial charge in [-0.1, -0.05) is 18.2 Å². The molecule has 1 atom stereocenters. The molecule has 0 bridgehead atoms. The Kier molecular flexibility index (Phi) is 9.54. The van der Waals surface area contributed by atoms with E-state index in [1.165, 1.54) is 5.56 Å². The average molecular weight is 393 g/mol. The highest BCUT2D eigenvalue weighted by atomic mass is 16.5. The zero-order chi connectivity index (χ0) is 20.2. The van der Waals surface area contributed by atoms with E-state index in [9.17, 15) is 5.11 Å². The lowest BCUT2D eigenvalue weighted by molar-refractivity contribution is -0.0179. The molecule has 0 amide bonds. The van der Waals surface area contributed by atoms with Gasteiger partial charge in [0.25, 0.3) is 0 Å². The molecule has 1 saturated heterocycles. The van der Waals surface area contributed by atoms with Gasteiger partial charge in [0.05, 0.1) is 32.0 Å². The van der Waals surface area contributed by atoms with Crippen LogP contribution in [0.5, 0.6) is 5.75 Å². The maximum absolute atomic E-state index is 10.7. The quantitative estimate of drug-likeness (QED) is 0.411. The van der Waals surface area contributed by atoms with Crippen LogP contribution < -0.4 is 15.4 Å². The van der Waals surface area contributed by atoms with Crippen molar-refractivity contribution in [1.82, 2.24) is 15.5 Å². The molecule has 1 fully saturated rings. The van der Waals surface area contributed by atoms with E-state index in [0.29, 0.717) is 19.7 Å². The number of morpholine rings is 1. The van der Waals surface area contributed by atoms with Gasteiger partial charge in [-0.25, -0.2) is 0 Å². The summed E-state index contributed by atoms with van der Waals surface area (Å²) in [6, 6.07) is 8.11. The number of hydrogen-bond donors (Lipinski definition) is 3. The molecule has 0 spiro atoms. The normalized spacial score (nSPS) is 17.8. The van der Waals surface area contributed by atoms with E-state index in [4.69, 9.17) is 9.47 Å². The Morgan fingerprint density at radius 3 is 2.71 bits per heavy atom. The predicted molar refractivity (Wildman–Crippen MR) is 113 cm³/mol. The number of hydrogen-bond acceptors (Lipinski definition) is 5. The first-order chi connectivity index (χ1) is 13.5. The van der Waals surface area contributed by atoms with Crippen molar-refractivity contribution in [1.29, 1.82) is 0 Å². The van der Waals surface area contributed by atoms with Gasteiger partial charge >= 0.3 is 0 Å². The third kappa shape index (κ3) is 8.04. The number of ether oxygens (including phenoxy) is 2. The van der Waals surface area contributed by atoms with Gasteiger partial charge < -0.3 is 25.2 Å². The maximum Gasteiger partial charge on any atom is 0.191 e. The molecule has 1 aliphatic rings. The summed E-state index contributed by atoms with van der Waals surface area (Å²) in [5.41, 5.74) is 0.299. The van der Waals surface area contributed by atoms with Crippen molar-refractivity contribution in [2.75, 3.05) is 59.1 Å². The molecule has 0 aromatic heterocycles. The number of aliphatic imine (C=N–C) groups is 1. The zero-order valence-corrected chi connectivity index (χ0v) is 17.5. The average Bonchev–Trinajstić information content (AvgIpc) is 2.68. The molecular weight excluding hydrogens is 356 g/mol. The number of nitrogens with zero attached hydrogens (tertiary/aromatic N) is 2. The minimum Gasteiger partial charge on any atom is -0.494 e. The van der Waals surface area contributed by atoms with Gasteiger partial charge in [0.15, 0.2) is 5.96 Å². The molecule has 1 aliphatic heterocycles. The molecule has 3 N–H and O–H groups in total. The van der Waals surface area contributed by atoms with Crippen LogP contribution in [-0.2, 0) is 11.2 Å². The molecule has 158 valence electrons. The SMILES string of the molecule is CCNC(=NCC(C)(O)CN1CCOCC1)NCCc1ccccc1OCC. The number of benzene rings is 1. The Labute approximate surface area is 169 Å². The van der Waals surface area contributed by atoms with Crippen molar-refractivity contribution in [2.24, 2.45) is 4.99 Å². The Morgan fingerprint density at radius 1 is 1.25 bits per heavy atom. The number of β-amino-alcohol motifs (C(OH)–C–C–N with tert-alkyl or cyclic N) is 1. The van der Waals surface area contributed by atoms with Crippen molar-refractivity contribution >= 4 is 5.96 Å². The van der Waals surface area contributed by atoms with Crippen LogP contribution in [0.1, 0.15) is 26.3 Å². The Balaban J connectivity index is 1.85. The number of guanidine groups is 1. The van der Waals surface area contributed by atoms with Gasteiger partial charge in [0.1, 0.15) is 5.75 Å². The highest BCUT2D eigenvalue weighted by Crippen LogP contribution is 2.18. The molecule has 28 heavy (non-hydrogen) atoms. The van der Waals surface area contributed by atoms with Crippen LogP contribution in [0.25, 0.3) is 0 Å². The van der Waals surface area contributed by atoms with Crippen molar-refractivity contribution in [2.45, 2.75) is 32.8 Å². The largest absolute Gasteiger partial charge is 0.494 e. The van der Waals surface area contributed by atoms with Gasteiger partial charge in [-0.15, -0.1) is 0 Å². The van der Waals surface area contributed by atoms with Gasteiger partial charge in [-0.3, -0.25) is 9.89 Å². The van der Waals surface area contributed by atoms with Crippen LogP contribution >= 0.6 is 0 Å². The molecule has 7 heteroatoms. The topological polar surface area (TPSA) is 78.4 Å². The molecule has 1 aromatic carbocycles. The van der Waals surface area contributed by atoms with E-state index in [1.54, 1.807) is 0 Å². The fourth-order valence-electron chi connectivity index (χ4n) is 3.20. The van der Waals surface area contributed by atoms with Gasteiger partial charge in [-0.2, -0.15) is 0 Å². The lowest BCUT2D eigenvalue weighted by Gasteiger charge is -2.33. The van der Waals surface area contributed by atoms with E-state index >= 15 is 0 Å². The highest BCUT2D eigenvalue weighted by Gasteiger charge is 2.25. The second-order valence-electron chi connectivity index (χ2n) is 7.30. The number of aliphatic hydroxyl groups is 1. The highest BCUT2D eigenvalue weighted by molar-refractivity contribution is 5.79. The minimum absolute atomic E-state index is 0.342. The fourth-order valence-corrected chi connectivity index (χ4v) is 3.20. The summed E-state index contributed by atoms with van der Waals surface area (Å²) < 4.78 is 11.1. The molecule has 0 radical (unpaired) electrons. The molecule has 0 aliphatic carbocycles. The molecule has 1 unspecified atom stereocenters. The van der Waals surface area contributed by atoms with Crippen LogP contribution in [-0.4, -0.2) is 80.7 Å². The summed E-state index contributed by atoms with van der Waals surface area (Å²) in [4.78, 5) is 6.82. The molecule has 0 saturated carbocycles. The van der Waals surface area contributed by atoms with E-state index in [1.807, 2.05) is 39.0 Å². The first-order valence-corrected chi connectivity index (χ1v) is 10.3. The number of nitrogens with one attached hydrogen (secondary N) is 2. The Bertz CT molecular complexity index is 601. The zero-order valence-electron chi connectivity index (χ0n) is 17.5. The minimum atomic E-state index is -0.874. The van der Waals surface area contributed by atoms with Gasteiger partial charge in [-0.05, 0) is 38.8 Å². The van der Waals surface area contributed by atoms with Crippen molar-refractivity contribution in [3.05, 3.63) is 29.8 Å². The Morgan fingerprint density at radius 2 is 2.00 bits per heavy atom. The Hall–Kier alpha value is -1.83.